The van der Waals surface area contributed by atoms with Gasteiger partial charge in [0.15, 0.2) is 5.90 Å². The molecule has 0 saturated carbocycles. The van der Waals surface area contributed by atoms with Crippen LogP contribution in [0.5, 0.6) is 0 Å². The van der Waals surface area contributed by atoms with E-state index in [0.717, 1.165) is 18.6 Å². The summed E-state index contributed by atoms with van der Waals surface area (Å²) in [5.74, 6) is 0.627. The van der Waals surface area contributed by atoms with Gasteiger partial charge in [-0.15, -0.1) is 0 Å². The highest BCUT2D eigenvalue weighted by atomic mass is 19.4. The molecule has 0 unspecified atom stereocenters. The van der Waals surface area contributed by atoms with Crippen molar-refractivity contribution in [1.29, 1.82) is 0 Å². The quantitative estimate of drug-likeness (QED) is 0.809. The smallest absolute Gasteiger partial charge is 0.416 e. The summed E-state index contributed by atoms with van der Waals surface area (Å²) in [7, 11) is 0. The molecule has 104 valence electrons. The number of alkyl halides is 3. The molecule has 1 aliphatic rings. The Balaban J connectivity index is 2.32. The lowest BCUT2D eigenvalue weighted by molar-refractivity contribution is -0.137. The van der Waals surface area contributed by atoms with Gasteiger partial charge in [-0.3, -0.25) is 0 Å². The van der Waals surface area contributed by atoms with E-state index >= 15 is 0 Å². The van der Waals surface area contributed by atoms with Gasteiger partial charge in [-0.1, -0.05) is 19.1 Å². The van der Waals surface area contributed by atoms with Crippen molar-refractivity contribution in [2.24, 2.45) is 4.99 Å². The molecule has 1 aromatic rings. The Bertz CT molecular complexity index is 496. The molecule has 0 saturated heterocycles. The molecule has 5 heteroatoms. The van der Waals surface area contributed by atoms with E-state index in [9.17, 15) is 13.2 Å². The lowest BCUT2D eigenvalue weighted by atomic mass is 9.92. The molecule has 1 aromatic carbocycles. The van der Waals surface area contributed by atoms with Crippen molar-refractivity contribution in [3.05, 3.63) is 35.4 Å². The minimum absolute atomic E-state index is 0.295. The summed E-state index contributed by atoms with van der Waals surface area (Å²) < 4.78 is 43.6. The molecule has 1 atom stereocenters. The Morgan fingerprint density at radius 1 is 1.37 bits per heavy atom. The van der Waals surface area contributed by atoms with Crippen molar-refractivity contribution in [2.75, 3.05) is 6.61 Å². The zero-order valence-electron chi connectivity index (χ0n) is 10.9. The van der Waals surface area contributed by atoms with E-state index < -0.39 is 17.3 Å². The number of hydrogen-bond acceptors (Lipinski definition) is 2. The van der Waals surface area contributed by atoms with Gasteiger partial charge >= 0.3 is 6.18 Å². The lowest BCUT2D eigenvalue weighted by Gasteiger charge is -2.20. The molecule has 0 bridgehead atoms. The van der Waals surface area contributed by atoms with Gasteiger partial charge in [0.25, 0.3) is 0 Å². The zero-order chi connectivity index (χ0) is 14.1. The predicted octanol–water partition coefficient (Wildman–Crippen LogP) is 4.15. The average Bonchev–Trinajstić information content (AvgIpc) is 2.72. The summed E-state index contributed by atoms with van der Waals surface area (Å²) in [5.41, 5.74) is -0.829. The number of aliphatic imine (C=N–C) groups is 1. The van der Waals surface area contributed by atoms with Crippen LogP contribution in [0.2, 0.25) is 0 Å². The Morgan fingerprint density at radius 2 is 2.11 bits per heavy atom. The number of halogens is 3. The van der Waals surface area contributed by atoms with Crippen molar-refractivity contribution in [1.82, 2.24) is 0 Å². The second kappa shape index (κ2) is 4.87. The normalized spacial score (nSPS) is 23.1. The van der Waals surface area contributed by atoms with Crippen LogP contribution in [0.1, 0.15) is 37.8 Å². The molecule has 1 aliphatic heterocycles. The molecule has 0 radical (unpaired) electrons. The largest absolute Gasteiger partial charge is 0.478 e. The monoisotopic (exact) mass is 271 g/mol. The molecule has 1 heterocycles. The summed E-state index contributed by atoms with van der Waals surface area (Å²) in [6.45, 7) is 4.10. The van der Waals surface area contributed by atoms with Crippen molar-refractivity contribution in [3.8, 4) is 0 Å². The average molecular weight is 271 g/mol. The van der Waals surface area contributed by atoms with E-state index in [1.165, 1.54) is 6.07 Å². The summed E-state index contributed by atoms with van der Waals surface area (Å²) >= 11 is 0. The topological polar surface area (TPSA) is 21.6 Å². The minimum Gasteiger partial charge on any atom is -0.478 e. The summed E-state index contributed by atoms with van der Waals surface area (Å²) in [5, 5.41) is 0. The summed E-state index contributed by atoms with van der Waals surface area (Å²) in [6.07, 6.45) is -2.71. The molecule has 2 nitrogen and oxygen atoms in total. The van der Waals surface area contributed by atoms with Crippen molar-refractivity contribution in [3.63, 3.8) is 0 Å². The summed E-state index contributed by atoms with van der Waals surface area (Å²) in [6, 6.07) is 5.30. The highest BCUT2D eigenvalue weighted by molar-refractivity contribution is 5.78. The van der Waals surface area contributed by atoms with Crippen LogP contribution in [0.25, 0.3) is 0 Å². The number of benzene rings is 1. The molecular formula is C14H16F3NO. The van der Waals surface area contributed by atoms with Crippen LogP contribution in [-0.2, 0) is 16.5 Å². The van der Waals surface area contributed by atoms with E-state index in [1.54, 1.807) is 13.0 Å². The first-order valence-corrected chi connectivity index (χ1v) is 6.24. The van der Waals surface area contributed by atoms with Crippen molar-refractivity contribution >= 4 is 5.90 Å². The van der Waals surface area contributed by atoms with Gasteiger partial charge in [-0.2, -0.15) is 13.2 Å². The van der Waals surface area contributed by atoms with Gasteiger partial charge in [0.1, 0.15) is 12.1 Å². The zero-order valence-corrected chi connectivity index (χ0v) is 10.9. The van der Waals surface area contributed by atoms with Crippen LogP contribution < -0.4 is 0 Å². The van der Waals surface area contributed by atoms with Crippen LogP contribution in [0.3, 0.4) is 0 Å². The number of ether oxygens (including phenoxy) is 1. The first-order chi connectivity index (χ1) is 8.85. The first-order valence-electron chi connectivity index (χ1n) is 6.24. The molecule has 0 aromatic heterocycles. The maximum absolute atomic E-state index is 12.7. The first kappa shape index (κ1) is 13.9. The van der Waals surface area contributed by atoms with Gasteiger partial charge in [-0.25, -0.2) is 4.99 Å². The number of rotatable bonds is 3. The predicted molar refractivity (Wildman–Crippen MR) is 67.1 cm³/mol. The molecule has 2 rings (SSSR count). The number of hydrogen-bond donors (Lipinski definition) is 0. The Morgan fingerprint density at radius 3 is 2.74 bits per heavy atom. The molecule has 19 heavy (non-hydrogen) atoms. The minimum atomic E-state index is -4.33. The van der Waals surface area contributed by atoms with E-state index in [1.807, 2.05) is 6.92 Å². The fourth-order valence-electron chi connectivity index (χ4n) is 2.08. The van der Waals surface area contributed by atoms with Crippen LogP contribution in [-0.4, -0.2) is 12.5 Å². The third-order valence-corrected chi connectivity index (χ3v) is 3.17. The fourth-order valence-corrected chi connectivity index (χ4v) is 2.08. The van der Waals surface area contributed by atoms with E-state index in [2.05, 4.69) is 4.99 Å². The van der Waals surface area contributed by atoms with Gasteiger partial charge < -0.3 is 4.74 Å². The van der Waals surface area contributed by atoms with Gasteiger partial charge in [0, 0.05) is 6.42 Å². The van der Waals surface area contributed by atoms with Crippen LogP contribution in [0.15, 0.2) is 29.3 Å². The molecule has 0 amide bonds. The molecule has 0 N–H and O–H groups in total. The van der Waals surface area contributed by atoms with Crippen molar-refractivity contribution < 1.29 is 17.9 Å². The van der Waals surface area contributed by atoms with Crippen molar-refractivity contribution in [2.45, 2.75) is 38.4 Å². The highest BCUT2D eigenvalue weighted by Gasteiger charge is 2.36. The van der Waals surface area contributed by atoms with E-state index in [0.29, 0.717) is 24.5 Å². The fraction of sp³-hybridized carbons (Fsp3) is 0.500. The summed E-state index contributed by atoms with van der Waals surface area (Å²) in [4.78, 5) is 4.43. The van der Waals surface area contributed by atoms with Crippen LogP contribution >= 0.6 is 0 Å². The molecular weight excluding hydrogens is 255 g/mol. The van der Waals surface area contributed by atoms with Gasteiger partial charge in [0.2, 0.25) is 0 Å². The second-order valence-electron chi connectivity index (χ2n) is 4.90. The highest BCUT2D eigenvalue weighted by Crippen LogP contribution is 2.35. The third kappa shape index (κ3) is 2.91. The van der Waals surface area contributed by atoms with E-state index in [-0.39, 0.29) is 0 Å². The maximum atomic E-state index is 12.7. The molecule has 0 spiro atoms. The Kier molecular flexibility index (Phi) is 3.56. The third-order valence-electron chi connectivity index (χ3n) is 3.17. The lowest BCUT2D eigenvalue weighted by Crippen LogP contribution is -2.21. The number of nitrogens with zero attached hydrogens (tertiary/aromatic N) is 1. The standard InChI is InChI=1S/C14H16F3NO/c1-3-5-12-18-13(2,9-19-12)10-6-4-7-11(8-10)14(15,16)17/h4,6-8H,3,5,9H2,1-2H3/t13-/m0/s1. The van der Waals surface area contributed by atoms with E-state index in [4.69, 9.17) is 4.74 Å². The molecule has 0 aliphatic carbocycles. The van der Waals surface area contributed by atoms with Crippen LogP contribution in [0.4, 0.5) is 13.2 Å². The Hall–Kier alpha value is -1.52. The molecule has 0 fully saturated rings. The second-order valence-corrected chi connectivity index (χ2v) is 4.90. The Labute approximate surface area is 110 Å². The van der Waals surface area contributed by atoms with Gasteiger partial charge in [-0.05, 0) is 31.0 Å². The van der Waals surface area contributed by atoms with Gasteiger partial charge in [0.05, 0.1) is 5.56 Å². The van der Waals surface area contributed by atoms with Crippen LogP contribution in [0, 0.1) is 0 Å². The SMILES string of the molecule is CCCC1=N[C@](C)(c2cccc(C(F)(F)F)c2)CO1. The maximum Gasteiger partial charge on any atom is 0.416 e.